The molecule has 2 nitrogen and oxygen atoms in total. The number of hydrogen-bond acceptors (Lipinski definition) is 1. The van der Waals surface area contributed by atoms with Crippen LogP contribution in [0.25, 0.3) is 82.8 Å². The van der Waals surface area contributed by atoms with Gasteiger partial charge in [-0.15, -0.1) is 0 Å². The zero-order chi connectivity index (χ0) is 48.3. The average Bonchev–Trinajstić information content (AvgIpc) is 3.98. The van der Waals surface area contributed by atoms with Gasteiger partial charge in [-0.1, -0.05) is 237 Å². The Morgan fingerprint density at radius 1 is 0.315 bits per heavy atom. The van der Waals surface area contributed by atoms with Crippen molar-refractivity contribution < 1.29 is 0 Å². The molecule has 0 bridgehead atoms. The molecule has 1 heterocycles. The van der Waals surface area contributed by atoms with Crippen molar-refractivity contribution >= 4 is 49.6 Å². The third-order valence-corrected chi connectivity index (χ3v) is 15.2. The topological polar surface area (TPSA) is 8.17 Å². The van der Waals surface area contributed by atoms with E-state index in [1.807, 2.05) is 0 Å². The maximum Gasteiger partial charge on any atom is 0.0714 e. The van der Waals surface area contributed by atoms with Gasteiger partial charge in [-0.2, -0.15) is 0 Å². The maximum atomic E-state index is 2.51. The second kappa shape index (κ2) is 17.4. The van der Waals surface area contributed by atoms with Gasteiger partial charge in [-0.3, -0.25) is 0 Å². The van der Waals surface area contributed by atoms with E-state index in [0.29, 0.717) is 0 Å². The molecule has 13 aromatic rings. The van der Waals surface area contributed by atoms with Gasteiger partial charge in [0.05, 0.1) is 22.1 Å². The summed E-state index contributed by atoms with van der Waals surface area (Å²) in [6, 6.07) is 107. The predicted molar refractivity (Wildman–Crippen MR) is 307 cm³/mol. The summed E-state index contributed by atoms with van der Waals surface area (Å²) in [6.07, 6.45) is 0. The number of fused-ring (bicyclic) bond motifs is 8. The number of para-hydroxylation sites is 1. The molecule has 0 spiro atoms. The fourth-order valence-corrected chi connectivity index (χ4v) is 12.0. The lowest BCUT2D eigenvalue weighted by molar-refractivity contribution is 0.768. The van der Waals surface area contributed by atoms with Crippen molar-refractivity contribution in [3.8, 4) is 50.2 Å². The number of benzene rings is 12. The molecular weight excluding hydrogens is 881 g/mol. The van der Waals surface area contributed by atoms with E-state index in [-0.39, 0.29) is 0 Å². The van der Waals surface area contributed by atoms with E-state index in [1.165, 1.54) is 77.1 Å². The summed E-state index contributed by atoms with van der Waals surface area (Å²) in [7, 11) is 0. The summed E-state index contributed by atoms with van der Waals surface area (Å²) in [5.74, 6) is 0. The number of rotatable bonds is 9. The number of hydrogen-bond donors (Lipinski definition) is 0. The van der Waals surface area contributed by atoms with E-state index in [9.17, 15) is 0 Å². The Labute approximate surface area is 426 Å². The van der Waals surface area contributed by atoms with Crippen LogP contribution in [-0.2, 0) is 5.41 Å². The van der Waals surface area contributed by atoms with E-state index < -0.39 is 5.41 Å². The van der Waals surface area contributed by atoms with Crippen LogP contribution in [-0.4, -0.2) is 4.57 Å². The molecule has 0 N–H and O–H groups in total. The summed E-state index contributed by atoms with van der Waals surface area (Å²) >= 11 is 0. The van der Waals surface area contributed by atoms with Crippen LogP contribution >= 0.6 is 0 Å². The average molecular weight is 929 g/mol. The monoisotopic (exact) mass is 928 g/mol. The molecule has 1 aliphatic rings. The Morgan fingerprint density at radius 2 is 0.849 bits per heavy atom. The Morgan fingerprint density at radius 3 is 1.52 bits per heavy atom. The molecule has 0 saturated carbocycles. The highest BCUT2D eigenvalue weighted by Gasteiger charge is 2.47. The minimum Gasteiger partial charge on any atom is -0.310 e. The first kappa shape index (κ1) is 42.4. The molecule has 12 aromatic carbocycles. The third kappa shape index (κ3) is 6.87. The fourth-order valence-electron chi connectivity index (χ4n) is 12.0. The van der Waals surface area contributed by atoms with E-state index in [4.69, 9.17) is 0 Å². The van der Waals surface area contributed by atoms with Gasteiger partial charge in [0.2, 0.25) is 0 Å². The highest BCUT2D eigenvalue weighted by Crippen LogP contribution is 2.59. The van der Waals surface area contributed by atoms with Crippen LogP contribution in [0.1, 0.15) is 22.3 Å². The molecule has 0 aliphatic heterocycles. The van der Waals surface area contributed by atoms with Gasteiger partial charge < -0.3 is 9.47 Å². The molecule has 0 saturated heterocycles. The molecule has 0 fully saturated rings. The highest BCUT2D eigenvalue weighted by atomic mass is 15.1. The Balaban J connectivity index is 1.00. The van der Waals surface area contributed by atoms with E-state index in [0.717, 1.165) is 45.0 Å². The van der Waals surface area contributed by atoms with Crippen LogP contribution < -0.4 is 4.90 Å². The molecule has 0 radical (unpaired) electrons. The van der Waals surface area contributed by atoms with Crippen molar-refractivity contribution in [1.82, 2.24) is 4.57 Å². The minimum atomic E-state index is -0.547. The second-order valence-electron chi connectivity index (χ2n) is 19.2. The normalized spacial score (nSPS) is 12.5. The predicted octanol–water partition coefficient (Wildman–Crippen LogP) is 18.8. The third-order valence-electron chi connectivity index (χ3n) is 15.2. The Kier molecular flexibility index (Phi) is 10.1. The first-order chi connectivity index (χ1) is 36.2. The first-order valence-electron chi connectivity index (χ1n) is 25.2. The van der Waals surface area contributed by atoms with Crippen LogP contribution in [0.15, 0.2) is 291 Å². The van der Waals surface area contributed by atoms with Crippen molar-refractivity contribution in [2.75, 3.05) is 4.90 Å². The Bertz CT molecular complexity index is 4060. The summed E-state index contributed by atoms with van der Waals surface area (Å²) in [4.78, 5) is 2.51. The number of nitrogens with zero attached hydrogens (tertiary/aromatic N) is 2. The molecule has 2 heteroatoms. The largest absolute Gasteiger partial charge is 0.310 e. The second-order valence-corrected chi connectivity index (χ2v) is 19.2. The summed E-state index contributed by atoms with van der Waals surface area (Å²) in [5.41, 5.74) is 20.8. The fraction of sp³-hybridized carbons (Fsp3) is 0.0141. The molecule has 0 amide bonds. The van der Waals surface area contributed by atoms with Gasteiger partial charge in [0.15, 0.2) is 0 Å². The zero-order valence-corrected chi connectivity index (χ0v) is 40.1. The summed E-state index contributed by atoms with van der Waals surface area (Å²) < 4.78 is 2.45. The van der Waals surface area contributed by atoms with Gasteiger partial charge >= 0.3 is 0 Å². The van der Waals surface area contributed by atoms with E-state index in [2.05, 4.69) is 301 Å². The molecule has 73 heavy (non-hydrogen) atoms. The molecule has 14 rings (SSSR count). The lowest BCUT2D eigenvalue weighted by Gasteiger charge is -2.34. The van der Waals surface area contributed by atoms with Gasteiger partial charge in [0, 0.05) is 38.8 Å². The van der Waals surface area contributed by atoms with Crippen LogP contribution in [0.4, 0.5) is 17.1 Å². The minimum absolute atomic E-state index is 0.547. The maximum absolute atomic E-state index is 2.51. The molecule has 0 atom stereocenters. The van der Waals surface area contributed by atoms with Crippen LogP contribution in [0.2, 0.25) is 0 Å². The summed E-state index contributed by atoms with van der Waals surface area (Å²) in [5, 5.41) is 4.98. The molecular formula is C71H48N2. The van der Waals surface area contributed by atoms with Crippen molar-refractivity contribution in [1.29, 1.82) is 0 Å². The van der Waals surface area contributed by atoms with Gasteiger partial charge in [-0.05, 0) is 121 Å². The van der Waals surface area contributed by atoms with Crippen molar-refractivity contribution in [3.05, 3.63) is 313 Å². The molecule has 1 aliphatic carbocycles. The highest BCUT2D eigenvalue weighted by molar-refractivity contribution is 6.19. The Hall–Kier alpha value is -9.50. The number of aromatic nitrogens is 1. The van der Waals surface area contributed by atoms with Gasteiger partial charge in [-0.25, -0.2) is 0 Å². The number of anilines is 3. The smallest absolute Gasteiger partial charge is 0.0714 e. The van der Waals surface area contributed by atoms with Crippen LogP contribution in [0.3, 0.4) is 0 Å². The zero-order valence-electron chi connectivity index (χ0n) is 40.1. The lowest BCUT2D eigenvalue weighted by atomic mass is 9.68. The van der Waals surface area contributed by atoms with Gasteiger partial charge in [0.25, 0.3) is 0 Å². The van der Waals surface area contributed by atoms with Crippen molar-refractivity contribution in [3.63, 3.8) is 0 Å². The molecule has 1 aromatic heterocycles. The van der Waals surface area contributed by atoms with Gasteiger partial charge in [0.1, 0.15) is 0 Å². The van der Waals surface area contributed by atoms with E-state index >= 15 is 0 Å². The van der Waals surface area contributed by atoms with Crippen LogP contribution in [0.5, 0.6) is 0 Å². The van der Waals surface area contributed by atoms with Crippen molar-refractivity contribution in [2.24, 2.45) is 0 Å². The van der Waals surface area contributed by atoms with Crippen molar-refractivity contribution in [2.45, 2.75) is 5.41 Å². The molecule has 342 valence electrons. The standard InChI is InChI=1S/C71H48N2/c1-6-21-49(22-7-1)54-45-55(50-23-8-2-9-24-50)47-60(46-54)72(67-36-20-35-66-69(67)64-33-18-19-34-65(64)71(66,56-26-10-3-11-27-56)57-28-12-4-13-29-57)59-41-37-51(38-42-59)53-40-43-62-63-44-39-52-25-16-17-32-61(52)70(63)73(68(62)48-53)58-30-14-5-15-31-58/h1-48H. The van der Waals surface area contributed by atoms with E-state index in [1.54, 1.807) is 0 Å². The first-order valence-corrected chi connectivity index (χ1v) is 25.2. The van der Waals surface area contributed by atoms with Crippen LogP contribution in [0, 0.1) is 0 Å². The molecule has 0 unspecified atom stereocenters. The SMILES string of the molecule is c1ccc(-c2cc(-c3ccccc3)cc(N(c3ccc(-c4ccc5c6ccc7ccccc7c6n(-c6ccccc6)c5c4)cc3)c3cccc4c3-c3ccccc3C4(c3ccccc3)c3ccccc3)c2)cc1. The quantitative estimate of drug-likeness (QED) is 0.140. The summed E-state index contributed by atoms with van der Waals surface area (Å²) in [6.45, 7) is 0. The lowest BCUT2D eigenvalue weighted by Crippen LogP contribution is -2.28.